The molecule has 0 aromatic rings. The van der Waals surface area contributed by atoms with Gasteiger partial charge in [-0.05, 0) is 33.1 Å². The summed E-state index contributed by atoms with van der Waals surface area (Å²) in [5.41, 5.74) is -0.503. The molecule has 1 aliphatic rings. The number of rotatable bonds is 5. The van der Waals surface area contributed by atoms with Gasteiger partial charge in [0.2, 0.25) is 0 Å². The normalized spacial score (nSPS) is 18.6. The molecule has 0 unspecified atom stereocenters. The Kier molecular flexibility index (Phi) is 3.97. The summed E-state index contributed by atoms with van der Waals surface area (Å²) in [6.45, 7) is 9.78. The zero-order chi connectivity index (χ0) is 12.4. The maximum atomic E-state index is 11.7. The number of carbonyl (C=O) groups excluding carboxylic acids is 1. The number of hydrogen-bond donors (Lipinski definition) is 0. The van der Waals surface area contributed by atoms with Crippen LogP contribution < -0.4 is 0 Å². The van der Waals surface area contributed by atoms with Crippen molar-refractivity contribution in [2.75, 3.05) is 0 Å². The zero-order valence-corrected chi connectivity index (χ0v) is 10.8. The molecule has 0 saturated carbocycles. The lowest BCUT2D eigenvalue weighted by Crippen LogP contribution is -2.34. The van der Waals surface area contributed by atoms with E-state index >= 15 is 0 Å². The summed E-state index contributed by atoms with van der Waals surface area (Å²) in [5, 5.41) is 0. The van der Waals surface area contributed by atoms with Crippen molar-refractivity contribution in [1.29, 1.82) is 0 Å². The molecule has 0 amide bonds. The van der Waals surface area contributed by atoms with Gasteiger partial charge in [-0.2, -0.15) is 9.78 Å². The number of carbonyl (C=O) groups is 1. The zero-order valence-electron chi connectivity index (χ0n) is 10.8. The van der Waals surface area contributed by atoms with Crippen LogP contribution in [0.1, 0.15) is 53.9 Å². The van der Waals surface area contributed by atoms with E-state index in [2.05, 4.69) is 13.8 Å². The standard InChI is InChI=1S/C12H22O4/c1-9(2)7-6-8-12(15-16-12)10(13)14-11(3,4)5/h9H,6-8H2,1-5H3. The quantitative estimate of drug-likeness (QED) is 0.414. The highest BCUT2D eigenvalue weighted by Gasteiger charge is 2.58. The molecule has 4 nitrogen and oxygen atoms in total. The van der Waals surface area contributed by atoms with Crippen molar-refractivity contribution in [3.05, 3.63) is 0 Å². The van der Waals surface area contributed by atoms with Crippen LogP contribution in [0.4, 0.5) is 0 Å². The Morgan fingerprint density at radius 3 is 2.25 bits per heavy atom. The monoisotopic (exact) mass is 230 g/mol. The number of ether oxygens (including phenoxy) is 1. The summed E-state index contributed by atoms with van der Waals surface area (Å²) in [6, 6.07) is 0. The molecule has 0 N–H and O–H groups in total. The molecule has 0 aromatic carbocycles. The van der Waals surface area contributed by atoms with Crippen LogP contribution in [0, 0.1) is 5.92 Å². The van der Waals surface area contributed by atoms with E-state index in [1.807, 2.05) is 20.8 Å². The molecule has 1 saturated heterocycles. The molecular formula is C12H22O4. The van der Waals surface area contributed by atoms with Crippen LogP contribution in [-0.2, 0) is 19.3 Å². The van der Waals surface area contributed by atoms with Crippen molar-refractivity contribution in [3.63, 3.8) is 0 Å². The first-order valence-electron chi connectivity index (χ1n) is 5.85. The second-order valence-electron chi connectivity index (χ2n) is 5.71. The van der Waals surface area contributed by atoms with E-state index in [4.69, 9.17) is 14.5 Å². The third kappa shape index (κ3) is 4.10. The van der Waals surface area contributed by atoms with E-state index in [0.717, 1.165) is 12.8 Å². The Bertz CT molecular complexity index is 248. The Hall–Kier alpha value is -0.610. The Morgan fingerprint density at radius 2 is 1.88 bits per heavy atom. The van der Waals surface area contributed by atoms with Crippen LogP contribution in [0.5, 0.6) is 0 Å². The summed E-state index contributed by atoms with van der Waals surface area (Å²) >= 11 is 0. The molecule has 16 heavy (non-hydrogen) atoms. The van der Waals surface area contributed by atoms with Crippen LogP contribution in [0.2, 0.25) is 0 Å². The van der Waals surface area contributed by atoms with Gasteiger partial charge in [0.05, 0.1) is 0 Å². The predicted molar refractivity (Wildman–Crippen MR) is 59.4 cm³/mol. The first kappa shape index (κ1) is 13.5. The van der Waals surface area contributed by atoms with Crippen LogP contribution in [0.25, 0.3) is 0 Å². The van der Waals surface area contributed by atoms with Gasteiger partial charge in [-0.3, -0.25) is 0 Å². The van der Waals surface area contributed by atoms with Gasteiger partial charge in [0, 0.05) is 6.42 Å². The van der Waals surface area contributed by atoms with Crippen molar-refractivity contribution in [2.45, 2.75) is 65.3 Å². The van der Waals surface area contributed by atoms with E-state index in [-0.39, 0.29) is 0 Å². The molecule has 1 aliphatic heterocycles. The molecule has 1 rings (SSSR count). The highest BCUT2D eigenvalue weighted by Crippen LogP contribution is 2.37. The first-order valence-corrected chi connectivity index (χ1v) is 5.85. The van der Waals surface area contributed by atoms with E-state index in [1.54, 1.807) is 0 Å². The summed E-state index contributed by atoms with van der Waals surface area (Å²) in [6.07, 6.45) is 2.52. The van der Waals surface area contributed by atoms with Gasteiger partial charge in [-0.15, -0.1) is 0 Å². The Balaban J connectivity index is 2.37. The van der Waals surface area contributed by atoms with Gasteiger partial charge in [0.15, 0.2) is 0 Å². The van der Waals surface area contributed by atoms with Gasteiger partial charge in [0.1, 0.15) is 5.60 Å². The summed E-state index contributed by atoms with van der Waals surface area (Å²) < 4.78 is 5.23. The summed E-state index contributed by atoms with van der Waals surface area (Å²) in [4.78, 5) is 21.4. The number of esters is 1. The lowest BCUT2D eigenvalue weighted by Gasteiger charge is -2.20. The topological polar surface area (TPSA) is 51.4 Å². The minimum absolute atomic E-state index is 0.413. The molecule has 0 radical (unpaired) electrons. The Morgan fingerprint density at radius 1 is 1.31 bits per heavy atom. The Labute approximate surface area is 97.2 Å². The second kappa shape index (κ2) is 4.72. The first-order chi connectivity index (χ1) is 7.25. The van der Waals surface area contributed by atoms with Crippen molar-refractivity contribution in [3.8, 4) is 0 Å². The maximum absolute atomic E-state index is 11.7. The van der Waals surface area contributed by atoms with Gasteiger partial charge in [-0.1, -0.05) is 20.3 Å². The summed E-state index contributed by atoms with van der Waals surface area (Å²) in [7, 11) is 0. The molecule has 0 spiro atoms. The molecule has 1 fully saturated rings. The fourth-order valence-electron chi connectivity index (χ4n) is 1.40. The van der Waals surface area contributed by atoms with E-state index in [0.29, 0.717) is 12.3 Å². The minimum Gasteiger partial charge on any atom is -0.456 e. The smallest absolute Gasteiger partial charge is 0.373 e. The lowest BCUT2D eigenvalue weighted by atomic mass is 10.0. The molecule has 0 aromatic heterocycles. The predicted octanol–water partition coefficient (Wildman–Crippen LogP) is 2.81. The maximum Gasteiger partial charge on any atom is 0.373 e. The van der Waals surface area contributed by atoms with Crippen molar-refractivity contribution >= 4 is 5.97 Å². The van der Waals surface area contributed by atoms with Crippen LogP contribution in [0.15, 0.2) is 0 Å². The molecule has 0 aliphatic carbocycles. The second-order valence-corrected chi connectivity index (χ2v) is 5.71. The average molecular weight is 230 g/mol. The largest absolute Gasteiger partial charge is 0.456 e. The van der Waals surface area contributed by atoms with Crippen molar-refractivity contribution < 1.29 is 19.3 Å². The average Bonchev–Trinajstić information content (AvgIpc) is 2.81. The van der Waals surface area contributed by atoms with E-state index < -0.39 is 17.4 Å². The van der Waals surface area contributed by atoms with Gasteiger partial charge in [-0.25, -0.2) is 4.79 Å². The summed E-state index contributed by atoms with van der Waals surface area (Å²) in [5.74, 6) is -0.902. The molecular weight excluding hydrogens is 208 g/mol. The minimum atomic E-state index is -1.11. The van der Waals surface area contributed by atoms with E-state index in [1.165, 1.54) is 0 Å². The van der Waals surface area contributed by atoms with Gasteiger partial charge >= 0.3 is 11.8 Å². The van der Waals surface area contributed by atoms with Crippen molar-refractivity contribution in [1.82, 2.24) is 0 Å². The third-order valence-electron chi connectivity index (χ3n) is 2.28. The highest BCUT2D eigenvalue weighted by molar-refractivity contribution is 5.79. The fourth-order valence-corrected chi connectivity index (χ4v) is 1.40. The number of hydrogen-bond acceptors (Lipinski definition) is 4. The van der Waals surface area contributed by atoms with Gasteiger partial charge < -0.3 is 4.74 Å². The molecule has 1 heterocycles. The molecule has 0 bridgehead atoms. The van der Waals surface area contributed by atoms with Crippen LogP contribution in [0.3, 0.4) is 0 Å². The fraction of sp³-hybridized carbons (Fsp3) is 0.917. The molecule has 0 atom stereocenters. The lowest BCUT2D eigenvalue weighted by molar-refractivity contribution is -0.163. The highest BCUT2D eigenvalue weighted by atomic mass is 17.4. The van der Waals surface area contributed by atoms with Gasteiger partial charge in [0.25, 0.3) is 0 Å². The third-order valence-corrected chi connectivity index (χ3v) is 2.28. The molecule has 94 valence electrons. The van der Waals surface area contributed by atoms with E-state index in [9.17, 15) is 4.79 Å². The van der Waals surface area contributed by atoms with Crippen LogP contribution >= 0.6 is 0 Å². The SMILES string of the molecule is CC(C)CCCC1(C(=O)OC(C)(C)C)OO1. The molecule has 4 heteroatoms. The van der Waals surface area contributed by atoms with Crippen molar-refractivity contribution in [2.24, 2.45) is 5.92 Å². The van der Waals surface area contributed by atoms with Crippen LogP contribution in [-0.4, -0.2) is 17.4 Å².